The van der Waals surface area contributed by atoms with E-state index >= 15 is 0 Å². The molecule has 3 aromatic heterocycles. The van der Waals surface area contributed by atoms with Gasteiger partial charge in [-0.15, -0.1) is 21.5 Å². The van der Waals surface area contributed by atoms with Gasteiger partial charge in [0, 0.05) is 23.1 Å². The number of benzene rings is 2. The van der Waals surface area contributed by atoms with E-state index < -0.39 is 0 Å². The number of nitrogen functional groups attached to an aromatic ring is 1. The Balaban J connectivity index is 1.63. The predicted molar refractivity (Wildman–Crippen MR) is 128 cm³/mol. The van der Waals surface area contributed by atoms with Crippen molar-refractivity contribution in [2.45, 2.75) is 13.5 Å². The highest BCUT2D eigenvalue weighted by molar-refractivity contribution is 7.13. The number of aromatic nitrogens is 5. The van der Waals surface area contributed by atoms with Gasteiger partial charge in [0.15, 0.2) is 17.2 Å². The van der Waals surface area contributed by atoms with Gasteiger partial charge in [0.1, 0.15) is 5.01 Å². The van der Waals surface area contributed by atoms with E-state index in [1.807, 2.05) is 41.8 Å². The summed E-state index contributed by atoms with van der Waals surface area (Å²) in [5.74, 6) is 0.366. The van der Waals surface area contributed by atoms with E-state index in [9.17, 15) is 0 Å². The van der Waals surface area contributed by atoms with Crippen LogP contribution < -0.4 is 5.73 Å². The molecule has 0 aliphatic heterocycles. The highest BCUT2D eigenvalue weighted by Crippen LogP contribution is 2.34. The van der Waals surface area contributed by atoms with Crippen molar-refractivity contribution in [3.63, 3.8) is 0 Å². The average molecular weight is 463 g/mol. The first-order valence-electron chi connectivity index (χ1n) is 9.86. The molecule has 5 rings (SSSR count). The van der Waals surface area contributed by atoms with Crippen LogP contribution in [0.25, 0.3) is 38.7 Å². The molecule has 5 aromatic rings. The van der Waals surface area contributed by atoms with Crippen molar-refractivity contribution in [3.05, 3.63) is 70.2 Å². The Hall–Kier alpha value is -3.33. The molecule has 0 amide bonds. The summed E-state index contributed by atoms with van der Waals surface area (Å²) in [6.07, 6.45) is 0. The lowest BCUT2D eigenvalue weighted by molar-refractivity contribution is 0.181. The fourth-order valence-corrected chi connectivity index (χ4v) is 4.54. The Labute approximate surface area is 193 Å². The normalized spacial score (nSPS) is 11.3. The minimum absolute atomic E-state index is 0.300. The number of thiazole rings is 1. The maximum Gasteiger partial charge on any atom is 0.187 e. The molecule has 0 fully saturated rings. The molecule has 0 aliphatic rings. The molecule has 9 heteroatoms. The van der Waals surface area contributed by atoms with E-state index in [0.717, 1.165) is 22.4 Å². The molecule has 32 heavy (non-hydrogen) atoms. The van der Waals surface area contributed by atoms with E-state index in [2.05, 4.69) is 34.4 Å². The molecule has 3 heterocycles. The first-order valence-corrected chi connectivity index (χ1v) is 11.1. The van der Waals surface area contributed by atoms with Gasteiger partial charge < -0.3 is 10.5 Å². The number of nitrogens with zero attached hydrogens (tertiary/aromatic N) is 5. The zero-order valence-electron chi connectivity index (χ0n) is 17.4. The van der Waals surface area contributed by atoms with Gasteiger partial charge in [-0.05, 0) is 24.6 Å². The Morgan fingerprint density at radius 3 is 2.66 bits per heavy atom. The Morgan fingerprint density at radius 2 is 1.91 bits per heavy atom. The van der Waals surface area contributed by atoms with Crippen molar-refractivity contribution in [2.75, 3.05) is 12.8 Å². The molecular formula is C23H19ClN6OS. The Bertz CT molecular complexity index is 1430. The third kappa shape index (κ3) is 3.62. The van der Waals surface area contributed by atoms with Crippen LogP contribution in [0.2, 0.25) is 5.02 Å². The molecule has 0 aliphatic carbocycles. The molecule has 7 nitrogen and oxygen atoms in total. The van der Waals surface area contributed by atoms with Gasteiger partial charge in [0.05, 0.1) is 23.6 Å². The van der Waals surface area contributed by atoms with Gasteiger partial charge in [0.25, 0.3) is 0 Å². The summed E-state index contributed by atoms with van der Waals surface area (Å²) >= 11 is 7.68. The summed E-state index contributed by atoms with van der Waals surface area (Å²) in [6.45, 7) is 2.36. The fraction of sp³-hybridized carbons (Fsp3) is 0.130. The minimum Gasteiger partial charge on any atom is -0.382 e. The monoisotopic (exact) mass is 462 g/mol. The van der Waals surface area contributed by atoms with Crippen LogP contribution in [0.1, 0.15) is 11.3 Å². The van der Waals surface area contributed by atoms with Gasteiger partial charge in [-0.2, -0.15) is 9.61 Å². The maximum absolute atomic E-state index is 6.50. The largest absolute Gasteiger partial charge is 0.382 e. The third-order valence-corrected chi connectivity index (χ3v) is 6.18. The quantitative estimate of drug-likeness (QED) is 0.382. The summed E-state index contributed by atoms with van der Waals surface area (Å²) in [6, 6.07) is 15.7. The third-order valence-electron chi connectivity index (χ3n) is 5.10. The second-order valence-electron chi connectivity index (χ2n) is 7.34. The number of halogens is 1. The van der Waals surface area contributed by atoms with Gasteiger partial charge in [-0.3, -0.25) is 0 Å². The number of ether oxygens (including phenoxy) is 1. The Morgan fingerprint density at radius 1 is 1.09 bits per heavy atom. The number of aryl methyl sites for hydroxylation is 1. The van der Waals surface area contributed by atoms with Crippen molar-refractivity contribution in [3.8, 4) is 33.1 Å². The number of anilines is 1. The highest BCUT2D eigenvalue weighted by Gasteiger charge is 2.22. The van der Waals surface area contributed by atoms with Crippen LogP contribution in [0, 0.1) is 6.92 Å². The summed E-state index contributed by atoms with van der Waals surface area (Å²) in [7, 11) is 1.62. The topological polar surface area (TPSA) is 91.2 Å². The van der Waals surface area contributed by atoms with Crippen molar-refractivity contribution in [2.24, 2.45) is 0 Å². The van der Waals surface area contributed by atoms with Crippen LogP contribution in [-0.4, -0.2) is 31.9 Å². The van der Waals surface area contributed by atoms with E-state index in [4.69, 9.17) is 27.1 Å². The summed E-state index contributed by atoms with van der Waals surface area (Å²) < 4.78 is 6.95. The summed E-state index contributed by atoms with van der Waals surface area (Å²) in [4.78, 5) is 4.74. The van der Waals surface area contributed by atoms with Crippen LogP contribution in [0.4, 0.5) is 5.82 Å². The zero-order chi connectivity index (χ0) is 22.2. The number of methoxy groups -OCH3 is 1. The second-order valence-corrected chi connectivity index (χ2v) is 8.63. The standard InChI is InChI=1S/C23H19ClN6OS/c1-13-6-8-14(9-7-13)18-12-32-23(26-18)20-21(25)30-22(28-27-20)19(17(29-30)11-31-2)15-4-3-5-16(24)10-15/h3-10,12H,11,25H2,1-2H3. The summed E-state index contributed by atoms with van der Waals surface area (Å²) in [5, 5.41) is 16.8. The minimum atomic E-state index is 0.300. The molecule has 2 N–H and O–H groups in total. The molecule has 0 radical (unpaired) electrons. The van der Waals surface area contributed by atoms with Crippen LogP contribution in [0.3, 0.4) is 0 Å². The van der Waals surface area contributed by atoms with Crippen molar-refractivity contribution < 1.29 is 4.74 Å². The SMILES string of the molecule is COCc1nn2c(N)c(-c3nc(-c4ccc(C)cc4)cs3)nnc2c1-c1cccc(Cl)c1. The van der Waals surface area contributed by atoms with Crippen LogP contribution in [0.15, 0.2) is 53.9 Å². The van der Waals surface area contributed by atoms with Crippen LogP contribution in [-0.2, 0) is 11.3 Å². The molecule has 2 aromatic carbocycles. The number of rotatable bonds is 5. The molecular weight excluding hydrogens is 444 g/mol. The number of hydrogen-bond donors (Lipinski definition) is 1. The van der Waals surface area contributed by atoms with Crippen LogP contribution in [0.5, 0.6) is 0 Å². The van der Waals surface area contributed by atoms with E-state index in [0.29, 0.717) is 39.5 Å². The molecule has 0 bridgehead atoms. The molecule has 0 saturated carbocycles. The summed E-state index contributed by atoms with van der Waals surface area (Å²) in [5.41, 5.74) is 13.0. The van der Waals surface area contributed by atoms with E-state index in [1.165, 1.54) is 16.9 Å². The zero-order valence-corrected chi connectivity index (χ0v) is 19.0. The van der Waals surface area contributed by atoms with E-state index in [1.54, 1.807) is 11.6 Å². The lowest BCUT2D eigenvalue weighted by Crippen LogP contribution is -2.05. The van der Waals surface area contributed by atoms with E-state index in [-0.39, 0.29) is 0 Å². The average Bonchev–Trinajstić information content (AvgIpc) is 3.40. The van der Waals surface area contributed by atoms with Gasteiger partial charge in [-0.1, -0.05) is 53.6 Å². The predicted octanol–water partition coefficient (Wildman–Crippen LogP) is 5.27. The molecule has 0 atom stereocenters. The molecule has 0 spiro atoms. The highest BCUT2D eigenvalue weighted by atomic mass is 35.5. The fourth-order valence-electron chi connectivity index (χ4n) is 3.53. The first-order chi connectivity index (χ1) is 15.5. The van der Waals surface area contributed by atoms with Gasteiger partial charge in [0.2, 0.25) is 0 Å². The Kier molecular flexibility index (Phi) is 5.34. The lowest BCUT2D eigenvalue weighted by Gasteiger charge is -2.05. The second kappa shape index (κ2) is 8.31. The molecule has 0 unspecified atom stereocenters. The first kappa shape index (κ1) is 20.6. The van der Waals surface area contributed by atoms with Crippen LogP contribution >= 0.6 is 22.9 Å². The maximum atomic E-state index is 6.50. The number of fused-ring (bicyclic) bond motifs is 1. The van der Waals surface area contributed by atoms with Crippen molar-refractivity contribution in [1.82, 2.24) is 24.8 Å². The number of hydrogen-bond acceptors (Lipinski definition) is 7. The molecule has 160 valence electrons. The molecule has 0 saturated heterocycles. The smallest absolute Gasteiger partial charge is 0.187 e. The van der Waals surface area contributed by atoms with Crippen molar-refractivity contribution >= 4 is 34.4 Å². The van der Waals surface area contributed by atoms with Crippen molar-refractivity contribution in [1.29, 1.82) is 0 Å². The van der Waals surface area contributed by atoms with Gasteiger partial charge >= 0.3 is 0 Å². The lowest BCUT2D eigenvalue weighted by atomic mass is 10.1. The van der Waals surface area contributed by atoms with Gasteiger partial charge in [-0.25, -0.2) is 4.98 Å². The number of nitrogens with two attached hydrogens (primary N) is 1.